The van der Waals surface area contributed by atoms with Crippen molar-refractivity contribution >= 4 is 11.4 Å². The molecule has 0 aliphatic rings. The first kappa shape index (κ1) is 35.6. The third-order valence-electron chi connectivity index (χ3n) is 6.20. The van der Waals surface area contributed by atoms with Gasteiger partial charge < -0.3 is 49.5 Å². The molecule has 0 heterocycles. The van der Waals surface area contributed by atoms with Crippen LogP contribution in [0.4, 0.5) is 11.4 Å². The number of likely N-dealkylation sites (N-methyl/N-ethyl adjacent to an activating group) is 1. The maximum Gasteiger partial charge on any atom is 2.00 e. The fourth-order valence-electron chi connectivity index (χ4n) is 4.11. The zero-order valence-corrected chi connectivity index (χ0v) is 26.7. The minimum Gasteiger partial charge on any atom is -1.00 e. The van der Waals surface area contributed by atoms with Crippen LogP contribution in [0.5, 0.6) is 0 Å². The van der Waals surface area contributed by atoms with Gasteiger partial charge >= 0.3 is 16.8 Å². The summed E-state index contributed by atoms with van der Waals surface area (Å²) in [4.78, 5) is 2.40. The molecule has 0 atom stereocenters. The number of aryl methyl sites for hydroxylation is 2. The van der Waals surface area contributed by atoms with Gasteiger partial charge in [0.05, 0.1) is 0 Å². The summed E-state index contributed by atoms with van der Waals surface area (Å²) in [6.45, 7) is 22.1. The molecule has 3 nitrogen and oxygen atoms in total. The van der Waals surface area contributed by atoms with Gasteiger partial charge in [0.25, 0.3) is 0 Å². The summed E-state index contributed by atoms with van der Waals surface area (Å²) in [6, 6.07) is 11.3. The monoisotopic (exact) mass is 640 g/mol. The quantitative estimate of drug-likeness (QED) is 0.386. The van der Waals surface area contributed by atoms with E-state index in [2.05, 4.69) is 108 Å². The van der Waals surface area contributed by atoms with Gasteiger partial charge in [0.15, 0.2) is 0 Å². The van der Waals surface area contributed by atoms with Gasteiger partial charge in [0.1, 0.15) is 0 Å². The van der Waals surface area contributed by atoms with E-state index in [0.717, 1.165) is 26.2 Å². The van der Waals surface area contributed by atoms with E-state index < -0.39 is 0 Å². The Morgan fingerprint density at radius 3 is 1.50 bits per heavy atom. The Kier molecular flexibility index (Phi) is 17.8. The minimum absolute atomic E-state index is 0. The molecular formula is C28H45Br2CoN3. The van der Waals surface area contributed by atoms with Gasteiger partial charge in [-0.1, -0.05) is 71.9 Å². The van der Waals surface area contributed by atoms with Gasteiger partial charge in [-0.25, -0.2) is 0 Å². The first-order valence-corrected chi connectivity index (χ1v) is 12.0. The number of hydrogen-bond donors (Lipinski definition) is 2. The van der Waals surface area contributed by atoms with Crippen LogP contribution >= 0.6 is 0 Å². The van der Waals surface area contributed by atoms with Crippen LogP contribution in [0.1, 0.15) is 87.1 Å². The van der Waals surface area contributed by atoms with Crippen molar-refractivity contribution in [1.82, 2.24) is 4.90 Å². The number of rotatable bonds is 11. The van der Waals surface area contributed by atoms with E-state index in [-0.39, 0.29) is 50.7 Å². The van der Waals surface area contributed by atoms with E-state index in [9.17, 15) is 0 Å². The van der Waals surface area contributed by atoms with Crippen LogP contribution in [-0.4, -0.2) is 38.1 Å². The van der Waals surface area contributed by atoms with Crippen LogP contribution in [0.25, 0.3) is 0 Å². The second-order valence-corrected chi connectivity index (χ2v) is 9.96. The molecule has 0 bridgehead atoms. The minimum atomic E-state index is 0. The Balaban J connectivity index is 0. The molecule has 2 aromatic rings. The largest absolute Gasteiger partial charge is 2.00 e. The van der Waals surface area contributed by atoms with Crippen molar-refractivity contribution < 1.29 is 50.7 Å². The smallest absolute Gasteiger partial charge is 1.00 e. The van der Waals surface area contributed by atoms with E-state index in [1.807, 2.05) is 0 Å². The molecule has 0 aliphatic heterocycles. The first-order valence-electron chi connectivity index (χ1n) is 12.0. The van der Waals surface area contributed by atoms with Crippen molar-refractivity contribution in [3.8, 4) is 0 Å². The number of halogens is 2. The van der Waals surface area contributed by atoms with Crippen LogP contribution in [0.3, 0.4) is 0 Å². The summed E-state index contributed by atoms with van der Waals surface area (Å²) in [5, 5.41) is 7.43. The summed E-state index contributed by atoms with van der Waals surface area (Å²) < 4.78 is 0. The van der Waals surface area contributed by atoms with Crippen molar-refractivity contribution in [3.63, 3.8) is 0 Å². The summed E-state index contributed by atoms with van der Waals surface area (Å²) in [6.07, 6.45) is 0. The zero-order valence-electron chi connectivity index (χ0n) is 22.5. The average Bonchev–Trinajstić information content (AvgIpc) is 2.69. The van der Waals surface area contributed by atoms with Crippen LogP contribution in [-0.2, 0) is 16.8 Å². The maximum absolute atomic E-state index is 3.81. The summed E-state index contributed by atoms with van der Waals surface area (Å²) in [7, 11) is 2.21. The molecule has 0 spiro atoms. The average molecular weight is 642 g/mol. The third-order valence-corrected chi connectivity index (χ3v) is 6.20. The van der Waals surface area contributed by atoms with E-state index in [0.29, 0.717) is 17.8 Å². The molecule has 2 N–H and O–H groups in total. The molecule has 6 heteroatoms. The Hall–Kier alpha value is -0.534. The number of hydrogen-bond acceptors (Lipinski definition) is 3. The van der Waals surface area contributed by atoms with E-state index >= 15 is 0 Å². The van der Waals surface area contributed by atoms with Crippen molar-refractivity contribution in [2.45, 2.75) is 73.1 Å². The van der Waals surface area contributed by atoms with Gasteiger partial charge in [-0.3, -0.25) is 0 Å². The van der Waals surface area contributed by atoms with Crippen LogP contribution in [0.15, 0.2) is 30.3 Å². The molecular weight excluding hydrogens is 597 g/mol. The van der Waals surface area contributed by atoms with E-state index in [1.165, 1.54) is 39.2 Å². The van der Waals surface area contributed by atoms with Crippen molar-refractivity contribution in [2.75, 3.05) is 43.9 Å². The van der Waals surface area contributed by atoms with Gasteiger partial charge in [0.2, 0.25) is 0 Å². The summed E-state index contributed by atoms with van der Waals surface area (Å²) in [5.41, 5.74) is 9.63. The molecule has 2 rings (SSSR count). The Morgan fingerprint density at radius 1 is 0.706 bits per heavy atom. The molecule has 195 valence electrons. The van der Waals surface area contributed by atoms with Crippen molar-refractivity contribution in [3.05, 3.63) is 58.1 Å². The molecule has 0 aliphatic carbocycles. The predicted molar refractivity (Wildman–Crippen MR) is 139 cm³/mol. The number of anilines is 2. The molecule has 2 aromatic carbocycles. The Morgan fingerprint density at radius 2 is 1.12 bits per heavy atom. The van der Waals surface area contributed by atoms with Gasteiger partial charge in [-0.15, -0.1) is 0 Å². The Labute approximate surface area is 241 Å². The SMILES string of the molecule is Cc1cccc(C)c1NCCN(C)CCNc1c(C(C)C)cc(C(C)C)cc1C(C)C.[Br-].[Br-].[Co+2]. The first-order chi connectivity index (χ1) is 14.6. The Bertz CT molecular complexity index is 804. The second kappa shape index (κ2) is 17.0. The molecule has 34 heavy (non-hydrogen) atoms. The topological polar surface area (TPSA) is 27.3 Å². The van der Waals surface area contributed by atoms with E-state index in [4.69, 9.17) is 0 Å². The molecule has 0 unspecified atom stereocenters. The normalized spacial score (nSPS) is 10.7. The van der Waals surface area contributed by atoms with Gasteiger partial charge in [-0.05, 0) is 66.5 Å². The molecule has 0 fully saturated rings. The third kappa shape index (κ3) is 10.2. The van der Waals surface area contributed by atoms with Crippen molar-refractivity contribution in [1.29, 1.82) is 0 Å². The molecule has 1 radical (unpaired) electrons. The van der Waals surface area contributed by atoms with E-state index in [1.54, 1.807) is 0 Å². The molecule has 0 saturated carbocycles. The number of nitrogens with one attached hydrogen (secondary N) is 2. The number of benzene rings is 2. The predicted octanol–water partition coefficient (Wildman–Crippen LogP) is 1.13. The molecule has 0 aromatic heterocycles. The molecule has 0 saturated heterocycles. The zero-order chi connectivity index (χ0) is 23.1. The maximum atomic E-state index is 3.81. The van der Waals surface area contributed by atoms with Crippen LogP contribution in [0, 0.1) is 13.8 Å². The fraction of sp³-hybridized carbons (Fsp3) is 0.571. The summed E-state index contributed by atoms with van der Waals surface area (Å²) >= 11 is 0. The standard InChI is InChI=1S/C28H45N3.2BrH.Co/c1-19(2)24-17-25(20(3)4)28(26(18-24)21(5)6)30-14-16-31(9)15-13-29-27-22(7)11-10-12-23(27)8;;;/h10-12,17-21,29-30H,13-16H2,1-9H3;2*1H;/q;;;+2/p-2. The number of para-hydroxylation sites is 1. The van der Waals surface area contributed by atoms with Crippen LogP contribution < -0.4 is 44.6 Å². The second-order valence-electron chi connectivity index (χ2n) is 9.96. The van der Waals surface area contributed by atoms with Crippen LogP contribution in [0.2, 0.25) is 0 Å². The van der Waals surface area contributed by atoms with Gasteiger partial charge in [0, 0.05) is 37.6 Å². The molecule has 0 amide bonds. The summed E-state index contributed by atoms with van der Waals surface area (Å²) in [5.74, 6) is 1.58. The number of nitrogens with zero attached hydrogens (tertiary/aromatic N) is 1. The van der Waals surface area contributed by atoms with Crippen molar-refractivity contribution in [2.24, 2.45) is 0 Å². The van der Waals surface area contributed by atoms with Gasteiger partial charge in [-0.2, -0.15) is 0 Å². The fourth-order valence-corrected chi connectivity index (χ4v) is 4.11.